The monoisotopic (exact) mass is 411 g/mol. The summed E-state index contributed by atoms with van der Waals surface area (Å²) in [4.78, 5) is 16.6. The predicted octanol–water partition coefficient (Wildman–Crippen LogP) is 2.83. The van der Waals surface area contributed by atoms with Gasteiger partial charge in [0.05, 0.1) is 16.3 Å². The van der Waals surface area contributed by atoms with Crippen LogP contribution in [0.3, 0.4) is 0 Å². The fraction of sp³-hybridized carbons (Fsp3) is 0.333. The Morgan fingerprint density at radius 2 is 1.78 bits per heavy atom. The summed E-state index contributed by atoms with van der Waals surface area (Å²) in [5.41, 5.74) is 0.804. The number of halogens is 1. The van der Waals surface area contributed by atoms with Gasteiger partial charge in [-0.1, -0.05) is 23.9 Å². The highest BCUT2D eigenvalue weighted by Gasteiger charge is 2.20. The summed E-state index contributed by atoms with van der Waals surface area (Å²) >= 11 is 1.23. The average Bonchev–Trinajstić information content (AvgIpc) is 2.62. The van der Waals surface area contributed by atoms with Crippen molar-refractivity contribution in [2.24, 2.45) is 0 Å². The van der Waals surface area contributed by atoms with E-state index in [0.717, 1.165) is 9.87 Å². The second-order valence-corrected chi connectivity index (χ2v) is 9.67. The van der Waals surface area contributed by atoms with Gasteiger partial charge in [0.2, 0.25) is 15.9 Å². The quantitative estimate of drug-likeness (QED) is 0.709. The summed E-state index contributed by atoms with van der Waals surface area (Å²) in [6.45, 7) is 3.56. The van der Waals surface area contributed by atoms with E-state index in [2.05, 4.69) is 10.3 Å². The Bertz CT molecular complexity index is 885. The normalized spacial score (nSPS) is 14.0. The number of carbonyl (C=O) groups excluding carboxylic acids is 1. The fourth-order valence-corrected chi connectivity index (χ4v) is 3.85. The van der Waals surface area contributed by atoms with Crippen LogP contribution in [-0.2, 0) is 14.8 Å². The molecule has 0 radical (unpaired) electrons. The Labute approximate surface area is 163 Å². The van der Waals surface area contributed by atoms with Crippen LogP contribution in [0.1, 0.15) is 25.5 Å². The van der Waals surface area contributed by atoms with Crippen molar-refractivity contribution in [3.05, 3.63) is 54.0 Å². The van der Waals surface area contributed by atoms with Crippen LogP contribution in [0.5, 0.6) is 0 Å². The Morgan fingerprint density at radius 3 is 2.30 bits per heavy atom. The van der Waals surface area contributed by atoms with Crippen LogP contribution in [-0.4, -0.2) is 43.0 Å². The summed E-state index contributed by atoms with van der Waals surface area (Å²) in [6.07, 6.45) is 1.28. The highest BCUT2D eigenvalue weighted by Crippen LogP contribution is 2.24. The smallest absolute Gasteiger partial charge is 0.244 e. The molecule has 146 valence electrons. The number of nitrogens with zero attached hydrogens (tertiary/aromatic N) is 2. The van der Waals surface area contributed by atoms with Crippen molar-refractivity contribution < 1.29 is 17.6 Å². The van der Waals surface area contributed by atoms with Crippen LogP contribution in [0.15, 0.2) is 52.5 Å². The van der Waals surface area contributed by atoms with E-state index in [0.29, 0.717) is 5.03 Å². The van der Waals surface area contributed by atoms with Crippen LogP contribution in [0.4, 0.5) is 4.39 Å². The molecule has 1 aromatic heterocycles. The van der Waals surface area contributed by atoms with Gasteiger partial charge in [0.25, 0.3) is 0 Å². The Balaban J connectivity index is 1.98. The standard InChI is InChI=1S/C18H22FN3O3S2/c1-12(14-5-7-15(19)8-6-14)21-18(23)13(2)26-17-10-9-16(11-20-17)27(24,25)22(3)4/h5-13H,1-4H3,(H,21,23)/t12-,13-/m1/s1. The first-order valence-corrected chi connectivity index (χ1v) is 10.5. The molecule has 1 N–H and O–H groups in total. The Hall–Kier alpha value is -1.97. The Morgan fingerprint density at radius 1 is 1.15 bits per heavy atom. The molecule has 2 atom stereocenters. The van der Waals surface area contributed by atoms with Crippen molar-refractivity contribution >= 4 is 27.7 Å². The lowest BCUT2D eigenvalue weighted by atomic mass is 10.1. The van der Waals surface area contributed by atoms with Crippen molar-refractivity contribution in [1.82, 2.24) is 14.6 Å². The zero-order valence-corrected chi connectivity index (χ0v) is 17.1. The predicted molar refractivity (Wildman–Crippen MR) is 103 cm³/mol. The first-order chi connectivity index (χ1) is 12.6. The summed E-state index contributed by atoms with van der Waals surface area (Å²) in [7, 11) is -0.630. The van der Waals surface area contributed by atoms with Crippen molar-refractivity contribution in [2.75, 3.05) is 14.1 Å². The highest BCUT2D eigenvalue weighted by atomic mass is 32.2. The van der Waals surface area contributed by atoms with Gasteiger partial charge in [-0.2, -0.15) is 0 Å². The molecule has 0 aliphatic heterocycles. The maximum atomic E-state index is 13.0. The number of hydrogen-bond donors (Lipinski definition) is 1. The van der Waals surface area contributed by atoms with Gasteiger partial charge in [-0.05, 0) is 43.7 Å². The minimum absolute atomic E-state index is 0.0962. The number of carbonyl (C=O) groups is 1. The van der Waals surface area contributed by atoms with E-state index >= 15 is 0 Å². The topological polar surface area (TPSA) is 79.4 Å². The molecule has 9 heteroatoms. The van der Waals surface area contributed by atoms with Crippen LogP contribution in [0, 0.1) is 5.82 Å². The SMILES string of the molecule is C[C@@H](Sc1ccc(S(=O)(=O)N(C)C)cn1)C(=O)N[C@H](C)c1ccc(F)cc1. The summed E-state index contributed by atoms with van der Waals surface area (Å²) < 4.78 is 38.2. The molecular formula is C18H22FN3O3S2. The largest absolute Gasteiger partial charge is 0.349 e. The first-order valence-electron chi connectivity index (χ1n) is 8.22. The van der Waals surface area contributed by atoms with Gasteiger partial charge in [0, 0.05) is 20.3 Å². The molecule has 2 rings (SSSR count). The third-order valence-electron chi connectivity index (χ3n) is 3.88. The zero-order chi connectivity index (χ0) is 20.2. The number of amides is 1. The van der Waals surface area contributed by atoms with Crippen molar-refractivity contribution in [3.8, 4) is 0 Å². The second-order valence-electron chi connectivity index (χ2n) is 6.16. The van der Waals surface area contributed by atoms with E-state index < -0.39 is 15.3 Å². The summed E-state index contributed by atoms with van der Waals surface area (Å²) in [5, 5.41) is 2.99. The number of benzene rings is 1. The number of rotatable bonds is 7. The number of sulfonamides is 1. The number of aromatic nitrogens is 1. The maximum Gasteiger partial charge on any atom is 0.244 e. The van der Waals surface area contributed by atoms with Gasteiger partial charge in [-0.25, -0.2) is 22.1 Å². The summed E-state index contributed by atoms with van der Waals surface area (Å²) in [6, 6.07) is 8.74. The second kappa shape index (κ2) is 8.81. The lowest BCUT2D eigenvalue weighted by Gasteiger charge is -2.17. The van der Waals surface area contributed by atoms with Gasteiger partial charge in [-0.3, -0.25) is 4.79 Å². The van der Waals surface area contributed by atoms with Gasteiger partial charge >= 0.3 is 0 Å². The van der Waals surface area contributed by atoms with Crippen LogP contribution in [0.2, 0.25) is 0 Å². The molecule has 0 bridgehead atoms. The van der Waals surface area contributed by atoms with Gasteiger partial charge in [0.1, 0.15) is 10.7 Å². The van der Waals surface area contributed by atoms with Crippen LogP contribution >= 0.6 is 11.8 Å². The number of thioether (sulfide) groups is 1. The molecule has 0 unspecified atom stereocenters. The minimum atomic E-state index is -3.53. The third kappa shape index (κ3) is 5.50. The third-order valence-corrected chi connectivity index (χ3v) is 6.73. The average molecular weight is 412 g/mol. The molecule has 1 heterocycles. The molecule has 6 nitrogen and oxygen atoms in total. The van der Waals surface area contributed by atoms with Crippen molar-refractivity contribution in [2.45, 2.75) is 35.1 Å². The van der Waals surface area contributed by atoms with Crippen LogP contribution < -0.4 is 5.32 Å². The number of nitrogens with one attached hydrogen (secondary N) is 1. The maximum absolute atomic E-state index is 13.0. The lowest BCUT2D eigenvalue weighted by Crippen LogP contribution is -2.33. The number of pyridine rings is 1. The van der Waals surface area contributed by atoms with E-state index in [-0.39, 0.29) is 22.7 Å². The molecule has 0 saturated heterocycles. The molecule has 0 aliphatic carbocycles. The van der Waals surface area contributed by atoms with Crippen LogP contribution in [0.25, 0.3) is 0 Å². The van der Waals surface area contributed by atoms with E-state index in [1.54, 1.807) is 25.1 Å². The van der Waals surface area contributed by atoms with E-state index in [9.17, 15) is 17.6 Å². The highest BCUT2D eigenvalue weighted by molar-refractivity contribution is 8.00. The fourth-order valence-electron chi connectivity index (χ4n) is 2.20. The molecule has 2 aromatic rings. The van der Waals surface area contributed by atoms with E-state index in [1.165, 1.54) is 50.3 Å². The molecular weight excluding hydrogens is 389 g/mol. The Kier molecular flexibility index (Phi) is 6.96. The molecule has 1 aromatic carbocycles. The van der Waals surface area contributed by atoms with Gasteiger partial charge in [-0.15, -0.1) is 0 Å². The number of hydrogen-bond acceptors (Lipinski definition) is 5. The summed E-state index contributed by atoms with van der Waals surface area (Å²) in [5.74, 6) is -0.518. The minimum Gasteiger partial charge on any atom is -0.349 e. The molecule has 0 spiro atoms. The van der Waals surface area contributed by atoms with Crippen molar-refractivity contribution in [3.63, 3.8) is 0 Å². The first kappa shape index (κ1) is 21.3. The van der Waals surface area contributed by atoms with E-state index in [4.69, 9.17) is 0 Å². The van der Waals surface area contributed by atoms with Crippen molar-refractivity contribution in [1.29, 1.82) is 0 Å². The molecule has 0 aliphatic rings. The van der Waals surface area contributed by atoms with Gasteiger partial charge in [0.15, 0.2) is 0 Å². The molecule has 0 saturated carbocycles. The van der Waals surface area contributed by atoms with Gasteiger partial charge < -0.3 is 5.32 Å². The molecule has 0 fully saturated rings. The van der Waals surface area contributed by atoms with E-state index in [1.807, 2.05) is 6.92 Å². The zero-order valence-electron chi connectivity index (χ0n) is 15.5. The lowest BCUT2D eigenvalue weighted by molar-refractivity contribution is -0.120. The molecule has 27 heavy (non-hydrogen) atoms. The molecule has 1 amide bonds.